The fraction of sp³-hybridized carbons (Fsp3) is 0.733. The van der Waals surface area contributed by atoms with Crippen LogP contribution in [0.4, 0.5) is 11.6 Å². The zero-order valence-electron chi connectivity index (χ0n) is 12.4. The van der Waals surface area contributed by atoms with Crippen LogP contribution >= 0.6 is 0 Å². The van der Waals surface area contributed by atoms with Crippen molar-refractivity contribution in [1.29, 1.82) is 0 Å². The molecule has 3 rings (SSSR count). The lowest BCUT2D eigenvalue weighted by molar-refractivity contribution is 0.147. The summed E-state index contributed by atoms with van der Waals surface area (Å²) in [4.78, 5) is 13.7. The molecule has 2 aliphatic rings. The third kappa shape index (κ3) is 3.03. The minimum Gasteiger partial charge on any atom is -0.373 e. The number of aromatic nitrogens is 2. The van der Waals surface area contributed by atoms with Gasteiger partial charge < -0.3 is 10.2 Å². The minimum atomic E-state index is 0.837. The number of hydrogen-bond acceptors (Lipinski definition) is 5. The van der Waals surface area contributed by atoms with Gasteiger partial charge in [0.1, 0.15) is 18.0 Å². The minimum absolute atomic E-state index is 0.837. The molecule has 2 fully saturated rings. The first-order chi connectivity index (χ1) is 9.86. The van der Waals surface area contributed by atoms with Crippen molar-refractivity contribution >= 4 is 11.6 Å². The molecule has 110 valence electrons. The summed E-state index contributed by atoms with van der Waals surface area (Å²) in [5.41, 5.74) is 0. The average molecular weight is 275 g/mol. The average Bonchev–Trinajstić information content (AvgIpc) is 2.56. The van der Waals surface area contributed by atoms with Crippen LogP contribution in [0.1, 0.15) is 32.1 Å². The monoisotopic (exact) mass is 275 g/mol. The molecule has 0 aromatic carbocycles. The van der Waals surface area contributed by atoms with Crippen molar-refractivity contribution < 1.29 is 0 Å². The van der Waals surface area contributed by atoms with Crippen molar-refractivity contribution in [2.24, 2.45) is 0 Å². The molecular formula is C15H25N5. The third-order valence-electron chi connectivity index (χ3n) is 4.64. The summed E-state index contributed by atoms with van der Waals surface area (Å²) in [5.74, 6) is 1.94. The first kappa shape index (κ1) is 13.6. The van der Waals surface area contributed by atoms with E-state index in [-0.39, 0.29) is 0 Å². The standard InChI is InChI=1S/C15H25N5/c1-16-14-11-15(18-12-17-14)20-9-7-19(8-10-20)13-5-3-2-4-6-13/h11-13H,2-10H2,1H3,(H,16,17,18). The Hall–Kier alpha value is -1.36. The van der Waals surface area contributed by atoms with E-state index in [4.69, 9.17) is 0 Å². The molecule has 0 atom stereocenters. The number of hydrogen-bond donors (Lipinski definition) is 1. The van der Waals surface area contributed by atoms with E-state index in [0.29, 0.717) is 0 Å². The van der Waals surface area contributed by atoms with E-state index in [1.54, 1.807) is 6.33 Å². The second-order valence-corrected chi connectivity index (χ2v) is 5.83. The van der Waals surface area contributed by atoms with E-state index in [0.717, 1.165) is 30.8 Å². The highest BCUT2D eigenvalue weighted by molar-refractivity contribution is 5.48. The molecule has 20 heavy (non-hydrogen) atoms. The van der Waals surface area contributed by atoms with Crippen LogP contribution in [0.15, 0.2) is 12.4 Å². The van der Waals surface area contributed by atoms with Gasteiger partial charge in [0.15, 0.2) is 0 Å². The molecular weight excluding hydrogens is 250 g/mol. The Morgan fingerprint density at radius 2 is 1.80 bits per heavy atom. The molecule has 5 heteroatoms. The molecule has 0 amide bonds. The first-order valence-corrected chi connectivity index (χ1v) is 7.85. The molecule has 0 spiro atoms. The van der Waals surface area contributed by atoms with Gasteiger partial charge in [0, 0.05) is 45.3 Å². The van der Waals surface area contributed by atoms with Crippen LogP contribution in [0.25, 0.3) is 0 Å². The van der Waals surface area contributed by atoms with Crippen molar-refractivity contribution in [3.05, 3.63) is 12.4 Å². The molecule has 1 aliphatic heterocycles. The summed E-state index contributed by atoms with van der Waals surface area (Å²) in [7, 11) is 1.90. The summed E-state index contributed by atoms with van der Waals surface area (Å²) in [6.07, 6.45) is 8.72. The summed E-state index contributed by atoms with van der Waals surface area (Å²) >= 11 is 0. The van der Waals surface area contributed by atoms with Gasteiger partial charge in [-0.05, 0) is 12.8 Å². The topological polar surface area (TPSA) is 44.3 Å². The van der Waals surface area contributed by atoms with Gasteiger partial charge in [0.05, 0.1) is 0 Å². The van der Waals surface area contributed by atoms with Gasteiger partial charge in [-0.1, -0.05) is 19.3 Å². The van der Waals surface area contributed by atoms with Gasteiger partial charge >= 0.3 is 0 Å². The zero-order chi connectivity index (χ0) is 13.8. The maximum absolute atomic E-state index is 4.40. The molecule has 2 heterocycles. The van der Waals surface area contributed by atoms with Crippen LogP contribution in [-0.4, -0.2) is 54.1 Å². The van der Waals surface area contributed by atoms with Gasteiger partial charge in [-0.3, -0.25) is 4.90 Å². The van der Waals surface area contributed by atoms with Gasteiger partial charge in [0.25, 0.3) is 0 Å². The Balaban J connectivity index is 1.57. The number of rotatable bonds is 3. The largest absolute Gasteiger partial charge is 0.373 e. The van der Waals surface area contributed by atoms with E-state index in [2.05, 4.69) is 25.1 Å². The van der Waals surface area contributed by atoms with Crippen LogP contribution in [0, 0.1) is 0 Å². The van der Waals surface area contributed by atoms with E-state index in [1.165, 1.54) is 45.2 Å². The fourth-order valence-electron chi connectivity index (χ4n) is 3.42. The smallest absolute Gasteiger partial charge is 0.134 e. The highest BCUT2D eigenvalue weighted by Crippen LogP contribution is 2.24. The van der Waals surface area contributed by atoms with Gasteiger partial charge in [-0.25, -0.2) is 9.97 Å². The van der Waals surface area contributed by atoms with Crippen LogP contribution in [-0.2, 0) is 0 Å². The molecule has 0 radical (unpaired) electrons. The molecule has 1 N–H and O–H groups in total. The summed E-state index contributed by atoms with van der Waals surface area (Å²) in [6.45, 7) is 4.50. The molecule has 1 aromatic heterocycles. The summed E-state index contributed by atoms with van der Waals surface area (Å²) < 4.78 is 0. The SMILES string of the molecule is CNc1cc(N2CCN(C3CCCCC3)CC2)ncn1. The normalized spacial score (nSPS) is 21.9. The Kier molecular flexibility index (Phi) is 4.35. The first-order valence-electron chi connectivity index (χ1n) is 7.85. The van der Waals surface area contributed by atoms with E-state index in [9.17, 15) is 0 Å². The summed E-state index contributed by atoms with van der Waals surface area (Å²) in [5, 5.41) is 3.08. The highest BCUT2D eigenvalue weighted by Gasteiger charge is 2.25. The quantitative estimate of drug-likeness (QED) is 0.913. The van der Waals surface area contributed by atoms with Crippen molar-refractivity contribution in [3.8, 4) is 0 Å². The number of nitrogens with one attached hydrogen (secondary N) is 1. The molecule has 1 aromatic rings. The lowest BCUT2D eigenvalue weighted by atomic mass is 9.94. The van der Waals surface area contributed by atoms with Gasteiger partial charge in [-0.2, -0.15) is 0 Å². The molecule has 5 nitrogen and oxygen atoms in total. The predicted octanol–water partition coefficient (Wildman–Crippen LogP) is 1.97. The number of anilines is 2. The molecule has 0 unspecified atom stereocenters. The van der Waals surface area contributed by atoms with Gasteiger partial charge in [0.2, 0.25) is 0 Å². The molecule has 1 saturated heterocycles. The maximum Gasteiger partial charge on any atom is 0.134 e. The van der Waals surface area contributed by atoms with Crippen LogP contribution in [0.2, 0.25) is 0 Å². The lowest BCUT2D eigenvalue weighted by Gasteiger charge is -2.41. The Bertz CT molecular complexity index is 422. The third-order valence-corrected chi connectivity index (χ3v) is 4.64. The van der Waals surface area contributed by atoms with E-state index < -0.39 is 0 Å². The Morgan fingerprint density at radius 1 is 1.05 bits per heavy atom. The molecule has 1 aliphatic carbocycles. The van der Waals surface area contributed by atoms with Crippen LogP contribution in [0.3, 0.4) is 0 Å². The van der Waals surface area contributed by atoms with Crippen molar-refractivity contribution in [1.82, 2.24) is 14.9 Å². The molecule has 0 bridgehead atoms. The fourth-order valence-corrected chi connectivity index (χ4v) is 3.42. The van der Waals surface area contributed by atoms with Crippen molar-refractivity contribution in [2.45, 2.75) is 38.1 Å². The second kappa shape index (κ2) is 6.39. The second-order valence-electron chi connectivity index (χ2n) is 5.83. The van der Waals surface area contributed by atoms with E-state index >= 15 is 0 Å². The number of nitrogens with zero attached hydrogens (tertiary/aromatic N) is 4. The predicted molar refractivity (Wildman–Crippen MR) is 82.2 cm³/mol. The summed E-state index contributed by atoms with van der Waals surface area (Å²) in [6, 6.07) is 2.88. The Labute approximate surface area is 121 Å². The molecule has 1 saturated carbocycles. The van der Waals surface area contributed by atoms with Crippen molar-refractivity contribution in [3.63, 3.8) is 0 Å². The number of piperazine rings is 1. The zero-order valence-corrected chi connectivity index (χ0v) is 12.4. The van der Waals surface area contributed by atoms with Gasteiger partial charge in [-0.15, -0.1) is 0 Å². The highest BCUT2D eigenvalue weighted by atomic mass is 15.3. The lowest BCUT2D eigenvalue weighted by Crippen LogP contribution is -2.51. The maximum atomic E-state index is 4.40. The van der Waals surface area contributed by atoms with Crippen LogP contribution in [0.5, 0.6) is 0 Å². The Morgan fingerprint density at radius 3 is 2.50 bits per heavy atom. The van der Waals surface area contributed by atoms with Crippen LogP contribution < -0.4 is 10.2 Å². The van der Waals surface area contributed by atoms with Crippen molar-refractivity contribution in [2.75, 3.05) is 43.4 Å². The van der Waals surface area contributed by atoms with E-state index in [1.807, 2.05) is 13.1 Å².